The molecule has 1 atom stereocenters. The molecule has 0 saturated carbocycles. The van der Waals surface area contributed by atoms with Gasteiger partial charge in [0.1, 0.15) is 0 Å². The Morgan fingerprint density at radius 3 is 1.77 bits per heavy atom. The molecule has 1 unspecified atom stereocenters. The molecule has 0 N–H and O–H groups in total. The molecule has 0 aliphatic heterocycles. The Labute approximate surface area is 372 Å². The van der Waals surface area contributed by atoms with Crippen molar-refractivity contribution in [3.8, 4) is 33.4 Å². The summed E-state index contributed by atoms with van der Waals surface area (Å²) in [7, 11) is 0. The second-order valence-corrected chi connectivity index (χ2v) is 17.0. The van der Waals surface area contributed by atoms with E-state index in [4.69, 9.17) is 23.2 Å². The van der Waals surface area contributed by atoms with Crippen molar-refractivity contribution < 1.29 is 49.0 Å². The van der Waals surface area contributed by atoms with Crippen molar-refractivity contribution in [1.82, 2.24) is 0 Å². The molecule has 0 heterocycles. The van der Waals surface area contributed by atoms with Crippen molar-refractivity contribution in [3.05, 3.63) is 202 Å². The molecule has 0 bridgehead atoms. The van der Waals surface area contributed by atoms with E-state index in [2.05, 4.69) is 143 Å². The number of fused-ring (bicyclic) bond motifs is 3. The summed E-state index contributed by atoms with van der Waals surface area (Å²) >= 11 is 13.1. The molecule has 2 aliphatic carbocycles. The van der Waals surface area contributed by atoms with Crippen LogP contribution in [0.5, 0.6) is 0 Å². The minimum Gasteiger partial charge on any atom is -1.00 e. The minimum atomic E-state index is 0. The van der Waals surface area contributed by atoms with Crippen molar-refractivity contribution in [2.75, 3.05) is 0 Å². The first-order chi connectivity index (χ1) is 26.1. The average molecular weight is 892 g/mol. The van der Waals surface area contributed by atoms with E-state index in [0.29, 0.717) is 11.3 Å². The first-order valence-electron chi connectivity index (χ1n) is 18.8. The van der Waals surface area contributed by atoms with E-state index in [1.54, 1.807) is 0 Å². The summed E-state index contributed by atoms with van der Waals surface area (Å²) < 4.78 is 1.31. The predicted octanol–water partition coefficient (Wildman–Crippen LogP) is 8.65. The van der Waals surface area contributed by atoms with E-state index in [9.17, 15) is 0 Å². The Balaban J connectivity index is 0.000000196. The summed E-state index contributed by atoms with van der Waals surface area (Å²) in [5.74, 6) is 0.592. The molecular weight excluding hydrogens is 846 g/mol. The summed E-state index contributed by atoms with van der Waals surface area (Å²) in [4.78, 5) is 0. The first kappa shape index (κ1) is 45.4. The molecular formula is C51H46Cl4Zr-2. The monoisotopic (exact) mass is 888 g/mol. The molecule has 2 aliphatic rings. The Morgan fingerprint density at radius 1 is 0.679 bits per heavy atom. The number of hydrogen-bond donors (Lipinski definition) is 0. The van der Waals surface area contributed by atoms with Crippen LogP contribution in [0.25, 0.3) is 33.4 Å². The van der Waals surface area contributed by atoms with E-state index in [1.807, 2.05) is 48.5 Å². The van der Waals surface area contributed by atoms with Gasteiger partial charge in [0.2, 0.25) is 0 Å². The van der Waals surface area contributed by atoms with Crippen molar-refractivity contribution in [2.45, 2.75) is 53.4 Å². The summed E-state index contributed by atoms with van der Waals surface area (Å²) in [5, 5.41) is 1.53. The Kier molecular flexibility index (Phi) is 17.4. The Bertz CT molecular complexity index is 2100. The SMILES string of the molecule is CCCCC1[C-]=CC(C(C)(C)C)=C1.Clc1ccc([C](=[Zr+2])c2ccc(Cl)cc2)cc1.[Cl-].[Cl-].[c-]1c(-c2ccccc2)ccc2c1Cc1cc(-c3ccccc3)ccc1-2. The van der Waals surface area contributed by atoms with Crippen LogP contribution in [0.1, 0.15) is 69.2 Å². The molecule has 5 heteroatoms. The number of benzene rings is 6. The standard InChI is InChI=1S/C25H17.C13H8Cl2.C13H21.2ClH.Zr/c1-3-7-18(8-4-1)20-11-13-24-22(15-20)17-23-16-21(12-14-25(23)24)19-9-5-2-6-10-19;14-12-5-1-10(2-6-12)9-11-3-7-13(15)8-4-11;1-5-6-7-11-8-9-12(10-11)13(2,3)4;;;/h1-15H,17H2;1-8H;9-11H,5-7H2,1-4H3;2*1H;/q-1;;-1;;;+2/p-2. The van der Waals surface area contributed by atoms with Gasteiger partial charge in [-0.25, -0.2) is 6.08 Å². The molecule has 8 rings (SSSR count). The fraction of sp³-hybridized carbons (Fsp3) is 0.196. The van der Waals surface area contributed by atoms with E-state index >= 15 is 0 Å². The van der Waals surface area contributed by atoms with Crippen molar-refractivity contribution in [3.63, 3.8) is 0 Å². The maximum Gasteiger partial charge on any atom is -0.0181 e. The summed E-state index contributed by atoms with van der Waals surface area (Å²) in [5.41, 5.74) is 14.5. The zero-order valence-corrected chi connectivity index (χ0v) is 37.8. The minimum absolute atomic E-state index is 0. The molecule has 0 aromatic heterocycles. The van der Waals surface area contributed by atoms with Gasteiger partial charge in [-0.15, -0.1) is 29.3 Å². The predicted molar refractivity (Wildman–Crippen MR) is 229 cm³/mol. The molecule has 0 saturated heterocycles. The second-order valence-electron chi connectivity index (χ2n) is 14.9. The third-order valence-electron chi connectivity index (χ3n) is 9.82. The normalized spacial score (nSPS) is 13.4. The molecule has 0 nitrogen and oxygen atoms in total. The van der Waals surface area contributed by atoms with Crippen molar-refractivity contribution in [1.29, 1.82) is 0 Å². The fourth-order valence-corrected chi connectivity index (χ4v) is 7.76. The molecule has 6 aromatic carbocycles. The molecule has 0 radical (unpaired) electrons. The molecule has 284 valence electrons. The molecule has 56 heavy (non-hydrogen) atoms. The third kappa shape index (κ3) is 12.1. The van der Waals surface area contributed by atoms with Crippen LogP contribution in [-0.4, -0.2) is 3.21 Å². The van der Waals surface area contributed by atoms with Gasteiger partial charge in [0.15, 0.2) is 0 Å². The molecule has 0 spiro atoms. The number of hydrogen-bond acceptors (Lipinski definition) is 0. The third-order valence-corrected chi connectivity index (χ3v) is 11.7. The van der Waals surface area contributed by atoms with Crippen LogP contribution in [-0.2, 0) is 30.7 Å². The van der Waals surface area contributed by atoms with Gasteiger partial charge >= 0.3 is 120 Å². The maximum absolute atomic E-state index is 5.86. The molecule has 6 aromatic rings. The second kappa shape index (κ2) is 21.5. The van der Waals surface area contributed by atoms with Gasteiger partial charge in [0.25, 0.3) is 0 Å². The largest absolute Gasteiger partial charge is 1.00 e. The zero-order valence-electron chi connectivity index (χ0n) is 32.4. The number of unbranched alkanes of at least 4 members (excludes halogenated alkanes) is 1. The van der Waals surface area contributed by atoms with Gasteiger partial charge in [-0.3, -0.25) is 6.08 Å². The van der Waals surface area contributed by atoms with Crippen LogP contribution < -0.4 is 24.8 Å². The van der Waals surface area contributed by atoms with Gasteiger partial charge < -0.3 is 24.8 Å². The van der Waals surface area contributed by atoms with E-state index < -0.39 is 0 Å². The van der Waals surface area contributed by atoms with Gasteiger partial charge in [-0.1, -0.05) is 154 Å². The quantitative estimate of drug-likeness (QED) is 0.141. The summed E-state index contributed by atoms with van der Waals surface area (Å²) in [6.07, 6.45) is 12.8. The van der Waals surface area contributed by atoms with Crippen LogP contribution in [0.4, 0.5) is 0 Å². The number of allylic oxidation sites excluding steroid dienone is 4. The van der Waals surface area contributed by atoms with Crippen LogP contribution in [0.3, 0.4) is 0 Å². The van der Waals surface area contributed by atoms with Gasteiger partial charge in [-0.2, -0.15) is 11.6 Å². The molecule has 0 amide bonds. The van der Waals surface area contributed by atoms with Crippen LogP contribution in [0.2, 0.25) is 10.0 Å². The summed E-state index contributed by atoms with van der Waals surface area (Å²) in [6, 6.07) is 51.8. The molecule has 0 fully saturated rings. The Hall–Kier alpha value is -3.29. The van der Waals surface area contributed by atoms with E-state index in [0.717, 1.165) is 16.5 Å². The van der Waals surface area contributed by atoms with Crippen LogP contribution >= 0.6 is 23.2 Å². The van der Waals surface area contributed by atoms with Crippen molar-refractivity contribution >= 4 is 26.4 Å². The smallest absolute Gasteiger partial charge is 0.0181 e. The number of rotatable bonds is 7. The van der Waals surface area contributed by atoms with Gasteiger partial charge in [0.05, 0.1) is 0 Å². The van der Waals surface area contributed by atoms with E-state index in [1.165, 1.54) is 108 Å². The maximum atomic E-state index is 5.86. The van der Waals surface area contributed by atoms with Gasteiger partial charge in [0, 0.05) is 0 Å². The zero-order chi connectivity index (χ0) is 38.1. The van der Waals surface area contributed by atoms with Crippen LogP contribution in [0, 0.1) is 23.5 Å². The fourth-order valence-electron chi connectivity index (χ4n) is 6.69. The number of halogens is 4. The Morgan fingerprint density at radius 2 is 1.23 bits per heavy atom. The van der Waals surface area contributed by atoms with E-state index in [-0.39, 0.29) is 24.8 Å². The van der Waals surface area contributed by atoms with Crippen molar-refractivity contribution in [2.24, 2.45) is 11.3 Å². The first-order valence-corrected chi connectivity index (χ1v) is 20.8. The average Bonchev–Trinajstić information content (AvgIpc) is 3.83. The summed E-state index contributed by atoms with van der Waals surface area (Å²) in [6.45, 7) is 9.03. The van der Waals surface area contributed by atoms with Crippen LogP contribution in [0.15, 0.2) is 157 Å². The van der Waals surface area contributed by atoms with Gasteiger partial charge in [-0.05, 0) is 23.1 Å². The topological polar surface area (TPSA) is 0 Å².